The van der Waals surface area contributed by atoms with Gasteiger partial charge in [0.2, 0.25) is 0 Å². The number of aromatic nitrogens is 4. The van der Waals surface area contributed by atoms with Crippen LogP contribution in [0.15, 0.2) is 54.9 Å². The minimum absolute atomic E-state index is 0.118. The molecule has 4 heterocycles. The second kappa shape index (κ2) is 11.1. The number of anilines is 3. The van der Waals surface area contributed by atoms with E-state index in [0.29, 0.717) is 28.5 Å². The van der Waals surface area contributed by atoms with Gasteiger partial charge in [0.1, 0.15) is 24.0 Å². The second-order valence-corrected chi connectivity index (χ2v) is 9.37. The Morgan fingerprint density at radius 3 is 2.74 bits per heavy atom. The zero-order valence-corrected chi connectivity index (χ0v) is 21.3. The van der Waals surface area contributed by atoms with Crippen LogP contribution >= 0.6 is 0 Å². The molecule has 0 atom stereocenters. The highest BCUT2D eigenvalue weighted by Crippen LogP contribution is 2.27. The summed E-state index contributed by atoms with van der Waals surface area (Å²) in [6, 6.07) is 12.1. The number of halogens is 1. The summed E-state index contributed by atoms with van der Waals surface area (Å²) in [5.41, 5.74) is 1.96. The molecule has 11 heteroatoms. The number of carbonyl (C=O) groups excluding carboxylic acids is 1. The number of rotatable bonds is 8. The Morgan fingerprint density at radius 2 is 2.03 bits per heavy atom. The van der Waals surface area contributed by atoms with Crippen molar-refractivity contribution in [1.82, 2.24) is 24.6 Å². The van der Waals surface area contributed by atoms with Crippen LogP contribution in [-0.4, -0.2) is 75.6 Å². The fourth-order valence-electron chi connectivity index (χ4n) is 4.62. The number of nitrogens with zero attached hydrogens (tertiary/aromatic N) is 6. The quantitative estimate of drug-likeness (QED) is 0.339. The molecule has 1 fully saturated rings. The second-order valence-electron chi connectivity index (χ2n) is 9.37. The van der Waals surface area contributed by atoms with Crippen molar-refractivity contribution in [3.05, 3.63) is 66.4 Å². The topological polar surface area (TPSA) is 109 Å². The van der Waals surface area contributed by atoms with E-state index in [1.807, 2.05) is 17.0 Å². The first kappa shape index (κ1) is 25.6. The van der Waals surface area contributed by atoms with E-state index in [1.165, 1.54) is 17.9 Å². The molecular weight excluding hydrogens is 489 g/mol. The van der Waals surface area contributed by atoms with E-state index in [4.69, 9.17) is 9.72 Å². The molecule has 4 aromatic rings. The third-order valence-corrected chi connectivity index (χ3v) is 6.80. The van der Waals surface area contributed by atoms with Gasteiger partial charge < -0.3 is 25.0 Å². The molecule has 1 aromatic carbocycles. The molecule has 38 heavy (non-hydrogen) atoms. The molecule has 1 saturated heterocycles. The molecule has 0 unspecified atom stereocenters. The van der Waals surface area contributed by atoms with Crippen molar-refractivity contribution >= 4 is 34.2 Å². The molecule has 3 aromatic heterocycles. The van der Waals surface area contributed by atoms with Crippen LogP contribution in [0.3, 0.4) is 0 Å². The maximum Gasteiger partial charge on any atom is 0.325 e. The Bertz CT molecular complexity index is 1440. The summed E-state index contributed by atoms with van der Waals surface area (Å²) in [4.78, 5) is 25.8. The number of fused-ring (bicyclic) bond motifs is 1. The standard InChI is InChI=1S/C27H30FN7O3/c1-33-10-8-20(9-11-33)34(16-27(37)38-2)26-6-3-18-15-29-25(14-24(18)31-26)30-23-5-4-21(13-22(23)28)35-12-7-19(17-36)32-35/h3-7,12-15,20,36H,8-11,16-17H2,1-2H3,(H,29,30). The van der Waals surface area contributed by atoms with Crippen molar-refractivity contribution in [2.24, 2.45) is 0 Å². The van der Waals surface area contributed by atoms with E-state index in [9.17, 15) is 14.3 Å². The van der Waals surface area contributed by atoms with Gasteiger partial charge in [0, 0.05) is 36.0 Å². The molecule has 0 saturated carbocycles. The van der Waals surface area contributed by atoms with E-state index in [1.54, 1.807) is 36.7 Å². The number of pyridine rings is 2. The Balaban J connectivity index is 1.39. The van der Waals surface area contributed by atoms with Crippen molar-refractivity contribution < 1.29 is 19.0 Å². The Morgan fingerprint density at radius 1 is 1.21 bits per heavy atom. The van der Waals surface area contributed by atoms with Crippen LogP contribution in [0.25, 0.3) is 16.6 Å². The fourth-order valence-corrected chi connectivity index (χ4v) is 4.62. The summed E-state index contributed by atoms with van der Waals surface area (Å²) < 4.78 is 21.4. The number of piperidine rings is 1. The molecule has 0 radical (unpaired) electrons. The Labute approximate surface area is 219 Å². The lowest BCUT2D eigenvalue weighted by atomic mass is 10.0. The molecular formula is C27H30FN7O3. The van der Waals surface area contributed by atoms with Crippen LogP contribution in [0, 0.1) is 5.82 Å². The number of nitrogens with one attached hydrogen (secondary N) is 1. The lowest BCUT2D eigenvalue weighted by molar-refractivity contribution is -0.139. The van der Waals surface area contributed by atoms with Gasteiger partial charge in [-0.3, -0.25) is 4.79 Å². The monoisotopic (exact) mass is 519 g/mol. The number of benzene rings is 1. The number of aliphatic hydroxyl groups excluding tert-OH is 1. The number of esters is 1. The van der Waals surface area contributed by atoms with Gasteiger partial charge in [0.05, 0.1) is 36.3 Å². The third kappa shape index (κ3) is 5.58. The van der Waals surface area contributed by atoms with E-state index in [0.717, 1.165) is 31.3 Å². The minimum atomic E-state index is -0.473. The van der Waals surface area contributed by atoms with Crippen LogP contribution in [-0.2, 0) is 16.1 Å². The first-order valence-corrected chi connectivity index (χ1v) is 12.4. The van der Waals surface area contributed by atoms with Crippen molar-refractivity contribution in [3.8, 4) is 5.69 Å². The summed E-state index contributed by atoms with van der Waals surface area (Å²) in [5.74, 6) is 0.337. The lowest BCUT2D eigenvalue weighted by Gasteiger charge is -2.37. The van der Waals surface area contributed by atoms with Gasteiger partial charge in [0.25, 0.3) is 0 Å². The molecule has 0 spiro atoms. The maximum absolute atomic E-state index is 14.9. The summed E-state index contributed by atoms with van der Waals surface area (Å²) in [6.07, 6.45) is 5.19. The average Bonchev–Trinajstić information content (AvgIpc) is 3.42. The van der Waals surface area contributed by atoms with E-state index >= 15 is 0 Å². The predicted octanol–water partition coefficient (Wildman–Crippen LogP) is 3.26. The van der Waals surface area contributed by atoms with Gasteiger partial charge in [-0.15, -0.1) is 0 Å². The van der Waals surface area contributed by atoms with Gasteiger partial charge in [0.15, 0.2) is 0 Å². The zero-order valence-electron chi connectivity index (χ0n) is 21.3. The number of aliphatic hydroxyl groups is 1. The molecule has 0 aliphatic carbocycles. The van der Waals surface area contributed by atoms with Gasteiger partial charge in [-0.2, -0.15) is 5.10 Å². The van der Waals surface area contributed by atoms with Gasteiger partial charge in [-0.25, -0.2) is 19.0 Å². The fraction of sp³-hybridized carbons (Fsp3) is 0.333. The highest BCUT2D eigenvalue weighted by molar-refractivity contribution is 5.83. The SMILES string of the molecule is COC(=O)CN(c1ccc2cnc(Nc3ccc(-n4ccc(CO)n4)cc3F)cc2n1)C1CCN(C)CC1. The summed E-state index contributed by atoms with van der Waals surface area (Å²) in [6.45, 7) is 1.83. The molecule has 2 N–H and O–H groups in total. The molecule has 0 bridgehead atoms. The maximum atomic E-state index is 14.9. The molecule has 1 aliphatic heterocycles. The smallest absolute Gasteiger partial charge is 0.325 e. The van der Waals surface area contributed by atoms with Crippen molar-refractivity contribution in [2.45, 2.75) is 25.5 Å². The highest BCUT2D eigenvalue weighted by atomic mass is 19.1. The van der Waals surface area contributed by atoms with Crippen LogP contribution in [0.2, 0.25) is 0 Å². The van der Waals surface area contributed by atoms with E-state index in [-0.39, 0.29) is 30.9 Å². The molecule has 1 aliphatic rings. The molecule has 10 nitrogen and oxygen atoms in total. The van der Waals surface area contributed by atoms with Crippen molar-refractivity contribution in [1.29, 1.82) is 0 Å². The average molecular weight is 520 g/mol. The largest absolute Gasteiger partial charge is 0.468 e. The Hall–Kier alpha value is -4.09. The van der Waals surface area contributed by atoms with Gasteiger partial charge in [-0.1, -0.05) is 0 Å². The summed E-state index contributed by atoms with van der Waals surface area (Å²) >= 11 is 0. The molecule has 0 amide bonds. The van der Waals surface area contributed by atoms with Gasteiger partial charge in [-0.05, 0) is 63.3 Å². The molecule has 198 valence electrons. The first-order chi connectivity index (χ1) is 18.4. The normalized spacial score (nSPS) is 14.5. The van der Waals surface area contributed by atoms with Crippen molar-refractivity contribution in [3.63, 3.8) is 0 Å². The molecule has 5 rings (SSSR count). The highest BCUT2D eigenvalue weighted by Gasteiger charge is 2.26. The number of hydrogen-bond acceptors (Lipinski definition) is 9. The van der Waals surface area contributed by atoms with E-state index < -0.39 is 5.82 Å². The first-order valence-electron chi connectivity index (χ1n) is 12.4. The minimum Gasteiger partial charge on any atom is -0.468 e. The zero-order chi connectivity index (χ0) is 26.6. The summed E-state index contributed by atoms with van der Waals surface area (Å²) in [5, 5.41) is 17.3. The number of carbonyl (C=O) groups is 1. The number of methoxy groups -OCH3 is 1. The number of likely N-dealkylation sites (tertiary alicyclic amines) is 1. The van der Waals surface area contributed by atoms with Crippen LogP contribution in [0.4, 0.5) is 21.7 Å². The number of hydrogen-bond donors (Lipinski definition) is 2. The lowest BCUT2D eigenvalue weighted by Crippen LogP contribution is -2.46. The summed E-state index contributed by atoms with van der Waals surface area (Å²) in [7, 11) is 3.48. The van der Waals surface area contributed by atoms with Crippen LogP contribution in [0.1, 0.15) is 18.5 Å². The number of ether oxygens (including phenoxy) is 1. The third-order valence-electron chi connectivity index (χ3n) is 6.80. The van der Waals surface area contributed by atoms with Crippen LogP contribution < -0.4 is 10.2 Å². The van der Waals surface area contributed by atoms with Crippen LogP contribution in [0.5, 0.6) is 0 Å². The Kier molecular flexibility index (Phi) is 7.47. The predicted molar refractivity (Wildman–Crippen MR) is 142 cm³/mol. The van der Waals surface area contributed by atoms with Crippen molar-refractivity contribution in [2.75, 3.05) is 44.0 Å². The van der Waals surface area contributed by atoms with E-state index in [2.05, 4.69) is 27.3 Å². The van der Waals surface area contributed by atoms with Gasteiger partial charge >= 0.3 is 5.97 Å².